The van der Waals surface area contributed by atoms with Gasteiger partial charge in [-0.3, -0.25) is 0 Å². The van der Waals surface area contributed by atoms with E-state index in [9.17, 15) is 5.11 Å². The van der Waals surface area contributed by atoms with Crippen LogP contribution in [0.2, 0.25) is 0 Å². The Morgan fingerprint density at radius 1 is 0.952 bits per heavy atom. The van der Waals surface area contributed by atoms with E-state index >= 15 is 0 Å². The van der Waals surface area contributed by atoms with E-state index in [0.717, 1.165) is 29.7 Å². The molecule has 1 aromatic rings. The van der Waals surface area contributed by atoms with Gasteiger partial charge in [-0.15, -0.1) is 0 Å². The number of aliphatic hydroxyl groups is 1. The lowest BCUT2D eigenvalue weighted by Gasteiger charge is -2.43. The largest absolute Gasteiger partial charge is 0.496 e. The molecule has 2 aliphatic rings. The first-order chi connectivity index (χ1) is 9.98. The fourth-order valence-electron chi connectivity index (χ4n) is 4.75. The van der Waals surface area contributed by atoms with Crippen molar-refractivity contribution in [3.8, 4) is 5.75 Å². The Morgan fingerprint density at radius 2 is 1.57 bits per heavy atom. The van der Waals surface area contributed by atoms with E-state index in [2.05, 4.69) is 26.0 Å². The fraction of sp³-hybridized carbons (Fsp3) is 0.684. The van der Waals surface area contributed by atoms with Crippen molar-refractivity contribution in [3.63, 3.8) is 0 Å². The third kappa shape index (κ3) is 2.59. The molecule has 2 nitrogen and oxygen atoms in total. The molecule has 2 saturated carbocycles. The number of aryl methyl sites for hydroxylation is 2. The molecule has 0 amide bonds. The summed E-state index contributed by atoms with van der Waals surface area (Å²) in [5.74, 6) is 0.859. The summed E-state index contributed by atoms with van der Waals surface area (Å²) in [6.45, 7) is 4.18. The van der Waals surface area contributed by atoms with E-state index in [1.54, 1.807) is 7.11 Å². The smallest absolute Gasteiger partial charge is 0.125 e. The maximum absolute atomic E-state index is 11.3. The molecule has 2 aliphatic carbocycles. The summed E-state index contributed by atoms with van der Waals surface area (Å²) >= 11 is 0. The average Bonchev–Trinajstić information content (AvgIpc) is 2.90. The van der Waals surface area contributed by atoms with Crippen LogP contribution in [0, 0.1) is 19.3 Å². The summed E-state index contributed by atoms with van der Waals surface area (Å²) < 4.78 is 5.58. The number of ether oxygens (including phenoxy) is 1. The van der Waals surface area contributed by atoms with Gasteiger partial charge >= 0.3 is 0 Å². The van der Waals surface area contributed by atoms with Crippen molar-refractivity contribution in [3.05, 3.63) is 28.8 Å². The van der Waals surface area contributed by atoms with Crippen LogP contribution in [0.15, 0.2) is 12.1 Å². The molecule has 0 bridgehead atoms. The maximum atomic E-state index is 11.3. The molecule has 2 fully saturated rings. The van der Waals surface area contributed by atoms with Crippen LogP contribution in [-0.4, -0.2) is 12.2 Å². The van der Waals surface area contributed by atoms with Crippen LogP contribution in [0.3, 0.4) is 0 Å². The second-order valence-corrected chi connectivity index (χ2v) is 7.40. The van der Waals surface area contributed by atoms with Gasteiger partial charge in [0, 0.05) is 5.56 Å². The van der Waals surface area contributed by atoms with E-state index in [1.807, 2.05) is 0 Å². The van der Waals surface area contributed by atoms with Crippen LogP contribution in [0.4, 0.5) is 0 Å². The van der Waals surface area contributed by atoms with Crippen molar-refractivity contribution >= 4 is 0 Å². The van der Waals surface area contributed by atoms with Crippen molar-refractivity contribution in [1.29, 1.82) is 0 Å². The minimum absolute atomic E-state index is 0.540. The molecule has 1 aromatic carbocycles. The Morgan fingerprint density at radius 3 is 2.14 bits per heavy atom. The highest BCUT2D eigenvalue weighted by molar-refractivity contribution is 5.47. The molecule has 2 heteroatoms. The molecule has 0 aromatic heterocycles. The first kappa shape index (κ1) is 14.9. The summed E-state index contributed by atoms with van der Waals surface area (Å²) in [5.41, 5.74) is 3.23. The van der Waals surface area contributed by atoms with Gasteiger partial charge in [-0.1, -0.05) is 18.9 Å². The van der Waals surface area contributed by atoms with Gasteiger partial charge < -0.3 is 9.84 Å². The lowest BCUT2D eigenvalue weighted by Crippen LogP contribution is -2.36. The van der Waals surface area contributed by atoms with E-state index < -0.39 is 5.60 Å². The molecular weight excluding hydrogens is 260 g/mol. The highest BCUT2D eigenvalue weighted by atomic mass is 16.5. The first-order valence-electron chi connectivity index (χ1n) is 8.36. The Labute approximate surface area is 128 Å². The molecule has 3 rings (SSSR count). The van der Waals surface area contributed by atoms with Gasteiger partial charge in [0.05, 0.1) is 12.7 Å². The molecule has 0 heterocycles. The van der Waals surface area contributed by atoms with Gasteiger partial charge in [-0.05, 0) is 75.0 Å². The Hall–Kier alpha value is -1.02. The van der Waals surface area contributed by atoms with Gasteiger partial charge in [-0.25, -0.2) is 0 Å². The SMILES string of the molecule is COc1cc(C)cc(C)c1C1(O)CCC2(CCCC2)CC1. The second-order valence-electron chi connectivity index (χ2n) is 7.40. The minimum Gasteiger partial charge on any atom is -0.496 e. The van der Waals surface area contributed by atoms with Crippen LogP contribution in [0.1, 0.15) is 68.1 Å². The molecule has 0 saturated heterocycles. The minimum atomic E-state index is -0.697. The van der Waals surface area contributed by atoms with Gasteiger partial charge in [-0.2, -0.15) is 0 Å². The van der Waals surface area contributed by atoms with E-state index in [-0.39, 0.29) is 0 Å². The number of hydrogen-bond donors (Lipinski definition) is 1. The molecule has 0 radical (unpaired) electrons. The third-order valence-corrected chi connectivity index (χ3v) is 5.93. The normalized spacial score (nSPS) is 23.4. The van der Waals surface area contributed by atoms with Crippen molar-refractivity contribution < 1.29 is 9.84 Å². The van der Waals surface area contributed by atoms with Crippen LogP contribution in [0.5, 0.6) is 5.75 Å². The van der Waals surface area contributed by atoms with Crippen molar-refractivity contribution in [1.82, 2.24) is 0 Å². The fourth-order valence-corrected chi connectivity index (χ4v) is 4.75. The number of rotatable bonds is 2. The zero-order valence-corrected chi connectivity index (χ0v) is 13.7. The number of methoxy groups -OCH3 is 1. The topological polar surface area (TPSA) is 29.5 Å². The third-order valence-electron chi connectivity index (χ3n) is 5.93. The first-order valence-corrected chi connectivity index (χ1v) is 8.36. The molecule has 0 atom stereocenters. The van der Waals surface area contributed by atoms with Crippen LogP contribution in [0.25, 0.3) is 0 Å². The molecule has 1 N–H and O–H groups in total. The van der Waals surface area contributed by atoms with Gasteiger partial charge in [0.1, 0.15) is 5.75 Å². The summed E-state index contributed by atoms with van der Waals surface area (Å²) in [7, 11) is 1.71. The Bertz CT molecular complexity index is 517. The molecule has 116 valence electrons. The molecular formula is C19H28O2. The summed E-state index contributed by atoms with van der Waals surface area (Å²) in [4.78, 5) is 0. The predicted molar refractivity (Wildman–Crippen MR) is 85.7 cm³/mol. The van der Waals surface area contributed by atoms with Crippen LogP contribution < -0.4 is 4.74 Å². The van der Waals surface area contributed by atoms with Crippen molar-refractivity contribution in [2.45, 2.75) is 70.8 Å². The maximum Gasteiger partial charge on any atom is 0.125 e. The number of hydrogen-bond acceptors (Lipinski definition) is 2. The monoisotopic (exact) mass is 288 g/mol. The lowest BCUT2D eigenvalue weighted by molar-refractivity contribution is -0.0395. The van der Waals surface area contributed by atoms with Crippen LogP contribution >= 0.6 is 0 Å². The van der Waals surface area contributed by atoms with Crippen LogP contribution in [-0.2, 0) is 5.60 Å². The standard InChI is InChI=1S/C19H28O2/c1-14-12-15(2)17(16(13-14)21-3)19(20)10-8-18(9-11-19)6-4-5-7-18/h12-13,20H,4-11H2,1-3H3. The van der Waals surface area contributed by atoms with Gasteiger partial charge in [0.15, 0.2) is 0 Å². The zero-order chi connectivity index (χ0) is 15.1. The molecule has 0 unspecified atom stereocenters. The average molecular weight is 288 g/mol. The molecule has 0 aliphatic heterocycles. The highest BCUT2D eigenvalue weighted by Crippen LogP contribution is 2.54. The molecule has 1 spiro atoms. The predicted octanol–water partition coefficient (Wildman–Crippen LogP) is 4.63. The van der Waals surface area contributed by atoms with Crippen molar-refractivity contribution in [2.75, 3.05) is 7.11 Å². The second kappa shape index (κ2) is 5.31. The quantitative estimate of drug-likeness (QED) is 0.859. The van der Waals surface area contributed by atoms with E-state index in [1.165, 1.54) is 44.1 Å². The van der Waals surface area contributed by atoms with E-state index in [4.69, 9.17) is 4.74 Å². The van der Waals surface area contributed by atoms with Gasteiger partial charge in [0.2, 0.25) is 0 Å². The summed E-state index contributed by atoms with van der Waals surface area (Å²) in [6.07, 6.45) is 9.59. The highest BCUT2D eigenvalue weighted by Gasteiger charge is 2.45. The Balaban J connectivity index is 1.90. The summed E-state index contributed by atoms with van der Waals surface area (Å²) in [5, 5.41) is 11.3. The Kier molecular flexibility index (Phi) is 3.77. The van der Waals surface area contributed by atoms with E-state index in [0.29, 0.717) is 5.41 Å². The zero-order valence-electron chi connectivity index (χ0n) is 13.7. The number of benzene rings is 1. The summed E-state index contributed by atoms with van der Waals surface area (Å²) in [6, 6.07) is 4.22. The van der Waals surface area contributed by atoms with Gasteiger partial charge in [0.25, 0.3) is 0 Å². The van der Waals surface area contributed by atoms with Crippen molar-refractivity contribution in [2.24, 2.45) is 5.41 Å². The lowest BCUT2D eigenvalue weighted by atomic mass is 9.65. The molecule has 21 heavy (non-hydrogen) atoms.